The minimum atomic E-state index is -1.15. The average Bonchev–Trinajstić information content (AvgIpc) is 3.01. The number of carbonyl (C=O) groups is 4. The van der Waals surface area contributed by atoms with Gasteiger partial charge in [0.2, 0.25) is 0 Å². The zero-order valence-electron chi connectivity index (χ0n) is 16.5. The van der Waals surface area contributed by atoms with Gasteiger partial charge in [-0.25, -0.2) is 0 Å². The van der Waals surface area contributed by atoms with Gasteiger partial charge in [0.05, 0.1) is 12.1 Å². The van der Waals surface area contributed by atoms with E-state index in [4.69, 9.17) is 30.5 Å². The molecular weight excluding hydrogens is 418 g/mol. The number of hydrogen-bond donors (Lipinski definition) is 0. The van der Waals surface area contributed by atoms with Crippen LogP contribution in [0.3, 0.4) is 0 Å². The third-order valence-corrected chi connectivity index (χ3v) is 4.79. The minimum absolute atomic E-state index is 0.128. The highest BCUT2D eigenvalue weighted by atomic mass is 35.5. The number of benzene rings is 1. The first-order valence-corrected chi connectivity index (χ1v) is 9.47. The van der Waals surface area contributed by atoms with Crippen LogP contribution in [0.2, 0.25) is 5.02 Å². The number of aldehydes is 1. The van der Waals surface area contributed by atoms with E-state index in [-0.39, 0.29) is 6.61 Å². The summed E-state index contributed by atoms with van der Waals surface area (Å²) in [6.45, 7) is 3.46. The first-order valence-electron chi connectivity index (χ1n) is 9.09. The molecule has 160 valence electrons. The van der Waals surface area contributed by atoms with E-state index in [0.29, 0.717) is 27.8 Å². The molecule has 0 saturated carbocycles. The van der Waals surface area contributed by atoms with Crippen molar-refractivity contribution >= 4 is 46.7 Å². The van der Waals surface area contributed by atoms with Crippen LogP contribution in [0, 0.1) is 0 Å². The highest BCUT2D eigenvalue weighted by Crippen LogP contribution is 2.35. The Labute approximate surface area is 176 Å². The van der Waals surface area contributed by atoms with Crippen molar-refractivity contribution in [2.24, 2.45) is 0 Å². The SMILES string of the molecule is CC(=O)O[C@@H]1[C@@H](OC(C)=O)[C@H](OC(C)=O)CO[C@H]1n1cc(C=O)c2ccc(Cl)cc21. The number of carbonyl (C=O) groups excluding carboxylic acids is 4. The molecular formula is C20H20ClNO8. The fraction of sp³-hybridized carbons (Fsp3) is 0.400. The number of ether oxygens (including phenoxy) is 4. The van der Waals surface area contributed by atoms with E-state index in [9.17, 15) is 19.2 Å². The summed E-state index contributed by atoms with van der Waals surface area (Å²) < 4.78 is 23.5. The number of halogens is 1. The Balaban J connectivity index is 2.11. The Bertz CT molecular complexity index is 1000. The van der Waals surface area contributed by atoms with Crippen molar-refractivity contribution in [2.75, 3.05) is 6.61 Å². The molecule has 1 aromatic heterocycles. The second kappa shape index (κ2) is 8.85. The predicted molar refractivity (Wildman–Crippen MR) is 104 cm³/mol. The molecule has 0 spiro atoms. The molecule has 0 N–H and O–H groups in total. The van der Waals surface area contributed by atoms with Gasteiger partial charge in [0, 0.05) is 42.9 Å². The first-order chi connectivity index (χ1) is 14.2. The zero-order valence-corrected chi connectivity index (χ0v) is 17.3. The summed E-state index contributed by atoms with van der Waals surface area (Å²) in [4.78, 5) is 46.6. The molecule has 9 nitrogen and oxygen atoms in total. The van der Waals surface area contributed by atoms with Crippen LogP contribution >= 0.6 is 11.6 Å². The van der Waals surface area contributed by atoms with Crippen LogP contribution < -0.4 is 0 Å². The molecule has 0 bridgehead atoms. The lowest BCUT2D eigenvalue weighted by Crippen LogP contribution is -2.55. The van der Waals surface area contributed by atoms with Crippen LogP contribution in [0.4, 0.5) is 0 Å². The van der Waals surface area contributed by atoms with Crippen LogP contribution in [0.25, 0.3) is 10.9 Å². The molecule has 30 heavy (non-hydrogen) atoms. The fourth-order valence-corrected chi connectivity index (χ4v) is 3.68. The molecule has 2 heterocycles. The summed E-state index contributed by atoms with van der Waals surface area (Å²) in [5.74, 6) is -1.91. The van der Waals surface area contributed by atoms with E-state index in [0.717, 1.165) is 0 Å². The standard InChI is InChI=1S/C20H20ClNO8/c1-10(24)28-17-9-27-20(19(30-12(3)26)18(17)29-11(2)25)22-7-13(8-23)15-5-4-14(21)6-16(15)22/h4-8,17-20H,9H2,1-3H3/t17-,18+,19-,20-/m1/s1. The Morgan fingerprint density at radius 2 is 1.70 bits per heavy atom. The molecule has 10 heteroatoms. The molecule has 4 atom stereocenters. The number of esters is 3. The fourth-order valence-electron chi connectivity index (χ4n) is 3.52. The Kier molecular flexibility index (Phi) is 6.42. The van der Waals surface area contributed by atoms with Gasteiger partial charge in [0.25, 0.3) is 0 Å². The maximum Gasteiger partial charge on any atom is 0.303 e. The molecule has 1 aromatic carbocycles. The largest absolute Gasteiger partial charge is 0.456 e. The van der Waals surface area contributed by atoms with Crippen LogP contribution in [-0.4, -0.2) is 53.7 Å². The van der Waals surface area contributed by atoms with Crippen molar-refractivity contribution in [1.29, 1.82) is 0 Å². The van der Waals surface area contributed by atoms with E-state index in [2.05, 4.69) is 0 Å². The minimum Gasteiger partial charge on any atom is -0.456 e. The lowest BCUT2D eigenvalue weighted by Gasteiger charge is -2.41. The van der Waals surface area contributed by atoms with Gasteiger partial charge in [-0.15, -0.1) is 0 Å². The maximum absolute atomic E-state index is 11.8. The van der Waals surface area contributed by atoms with Crippen molar-refractivity contribution in [3.63, 3.8) is 0 Å². The number of rotatable bonds is 5. The summed E-state index contributed by atoms with van der Waals surface area (Å²) >= 11 is 6.13. The summed E-state index contributed by atoms with van der Waals surface area (Å²) in [5, 5.41) is 1.04. The molecule has 1 saturated heterocycles. The number of fused-ring (bicyclic) bond motifs is 1. The quantitative estimate of drug-likeness (QED) is 0.398. The van der Waals surface area contributed by atoms with E-state index >= 15 is 0 Å². The summed E-state index contributed by atoms with van der Waals surface area (Å²) in [7, 11) is 0. The van der Waals surface area contributed by atoms with E-state index in [1.165, 1.54) is 27.0 Å². The van der Waals surface area contributed by atoms with Gasteiger partial charge in [0.1, 0.15) is 0 Å². The Morgan fingerprint density at radius 3 is 2.30 bits per heavy atom. The Hall–Kier alpha value is -2.91. The molecule has 2 aromatic rings. The molecule has 0 radical (unpaired) electrons. The van der Waals surface area contributed by atoms with Crippen molar-refractivity contribution in [3.05, 3.63) is 35.0 Å². The summed E-state index contributed by atoms with van der Waals surface area (Å²) in [5.41, 5.74) is 0.928. The summed E-state index contributed by atoms with van der Waals surface area (Å²) in [6.07, 6.45) is -2.01. The van der Waals surface area contributed by atoms with E-state index in [1.54, 1.807) is 22.8 Å². The van der Waals surface area contributed by atoms with Gasteiger partial charge < -0.3 is 23.5 Å². The van der Waals surface area contributed by atoms with Gasteiger partial charge in [0.15, 0.2) is 30.8 Å². The van der Waals surface area contributed by atoms with Crippen molar-refractivity contribution in [2.45, 2.75) is 45.3 Å². The molecule has 0 amide bonds. The van der Waals surface area contributed by atoms with Gasteiger partial charge in [-0.1, -0.05) is 17.7 Å². The lowest BCUT2D eigenvalue weighted by atomic mass is 10.0. The topological polar surface area (TPSA) is 110 Å². The van der Waals surface area contributed by atoms with Gasteiger partial charge >= 0.3 is 17.9 Å². The molecule has 1 aliphatic heterocycles. The molecule has 0 aliphatic carbocycles. The van der Waals surface area contributed by atoms with Crippen LogP contribution in [-0.2, 0) is 33.3 Å². The van der Waals surface area contributed by atoms with Crippen LogP contribution in [0.1, 0.15) is 37.4 Å². The Morgan fingerprint density at radius 1 is 1.07 bits per heavy atom. The first kappa shape index (κ1) is 21.8. The molecule has 0 unspecified atom stereocenters. The number of aromatic nitrogens is 1. The normalized spacial score (nSPS) is 23.6. The second-order valence-electron chi connectivity index (χ2n) is 6.79. The third-order valence-electron chi connectivity index (χ3n) is 4.55. The highest BCUT2D eigenvalue weighted by molar-refractivity contribution is 6.31. The van der Waals surface area contributed by atoms with E-state index in [1.807, 2.05) is 0 Å². The highest BCUT2D eigenvalue weighted by Gasteiger charge is 2.48. The van der Waals surface area contributed by atoms with E-state index < -0.39 is 42.4 Å². The molecule has 1 aliphatic rings. The van der Waals surface area contributed by atoms with Gasteiger partial charge in [-0.3, -0.25) is 19.2 Å². The monoisotopic (exact) mass is 437 g/mol. The van der Waals surface area contributed by atoms with Gasteiger partial charge in [-0.2, -0.15) is 0 Å². The maximum atomic E-state index is 11.8. The number of nitrogens with zero attached hydrogens (tertiary/aromatic N) is 1. The second-order valence-corrected chi connectivity index (χ2v) is 7.23. The van der Waals surface area contributed by atoms with Crippen molar-refractivity contribution in [3.8, 4) is 0 Å². The van der Waals surface area contributed by atoms with Crippen LogP contribution in [0.15, 0.2) is 24.4 Å². The number of hydrogen-bond acceptors (Lipinski definition) is 8. The smallest absolute Gasteiger partial charge is 0.303 e. The summed E-state index contributed by atoms with van der Waals surface area (Å²) in [6, 6.07) is 4.97. The van der Waals surface area contributed by atoms with Crippen LogP contribution in [0.5, 0.6) is 0 Å². The average molecular weight is 438 g/mol. The predicted octanol–water partition coefficient (Wildman–Crippen LogP) is 2.43. The third kappa shape index (κ3) is 4.47. The molecule has 3 rings (SSSR count). The molecule has 1 fully saturated rings. The van der Waals surface area contributed by atoms with Crippen molar-refractivity contribution in [1.82, 2.24) is 4.57 Å². The lowest BCUT2D eigenvalue weighted by molar-refractivity contribution is -0.239. The van der Waals surface area contributed by atoms with Crippen molar-refractivity contribution < 1.29 is 38.1 Å². The zero-order chi connectivity index (χ0) is 22.0. The van der Waals surface area contributed by atoms with Gasteiger partial charge in [-0.05, 0) is 12.1 Å².